The van der Waals surface area contributed by atoms with Crippen LogP contribution >= 0.6 is 0 Å². The first kappa shape index (κ1) is 13.3. The second kappa shape index (κ2) is 5.69. The lowest BCUT2D eigenvalue weighted by atomic mass is 10.1. The molecule has 1 aromatic heterocycles. The number of aryl methyl sites for hydroxylation is 1. The van der Waals surface area contributed by atoms with Gasteiger partial charge in [-0.1, -0.05) is 17.7 Å². The van der Waals surface area contributed by atoms with E-state index in [1.165, 1.54) is 5.56 Å². The average Bonchev–Trinajstić information content (AvgIpc) is 2.73. The highest BCUT2D eigenvalue weighted by Crippen LogP contribution is 2.16. The molecule has 0 saturated carbocycles. The number of benzene rings is 1. The fraction of sp³-hybridized carbons (Fsp3) is 0.333. The molecule has 1 aromatic carbocycles. The molecular weight excluding hydrogens is 240 g/mol. The number of hydrogen-bond acceptors (Lipinski definition) is 3. The Balaban J connectivity index is 2.22. The van der Waals surface area contributed by atoms with Crippen LogP contribution in [-0.4, -0.2) is 22.4 Å². The van der Waals surface area contributed by atoms with Crippen molar-refractivity contribution in [2.75, 3.05) is 0 Å². The van der Waals surface area contributed by atoms with E-state index in [9.17, 15) is 4.79 Å². The largest absolute Gasteiger partial charge is 0.465 e. The second-order valence-corrected chi connectivity index (χ2v) is 4.75. The Morgan fingerprint density at radius 3 is 2.63 bits per heavy atom. The molecule has 0 aliphatic heterocycles. The molecule has 1 atom stereocenters. The van der Waals surface area contributed by atoms with Crippen LogP contribution in [-0.2, 0) is 16.0 Å². The average molecular weight is 258 g/mol. The Kier molecular flexibility index (Phi) is 4.00. The first-order valence-electron chi connectivity index (χ1n) is 6.31. The van der Waals surface area contributed by atoms with Crippen molar-refractivity contribution in [2.45, 2.75) is 33.3 Å². The summed E-state index contributed by atoms with van der Waals surface area (Å²) in [5, 5.41) is 4.40. The van der Waals surface area contributed by atoms with Gasteiger partial charge in [0, 0.05) is 12.1 Å². The van der Waals surface area contributed by atoms with Crippen LogP contribution in [0.25, 0.3) is 5.69 Å². The van der Waals surface area contributed by atoms with Gasteiger partial charge in [0.2, 0.25) is 0 Å². The van der Waals surface area contributed by atoms with Crippen LogP contribution in [0.15, 0.2) is 30.5 Å². The Bertz CT molecular complexity index is 558. The summed E-state index contributed by atoms with van der Waals surface area (Å²) in [5.74, 6) is 0. The first-order valence-corrected chi connectivity index (χ1v) is 6.31. The van der Waals surface area contributed by atoms with Crippen LogP contribution in [0.3, 0.4) is 0 Å². The molecule has 19 heavy (non-hydrogen) atoms. The lowest BCUT2D eigenvalue weighted by Gasteiger charge is -2.09. The maximum absolute atomic E-state index is 10.3. The fourth-order valence-corrected chi connectivity index (χ4v) is 2.04. The third-order valence-corrected chi connectivity index (χ3v) is 3.19. The first-order chi connectivity index (χ1) is 9.11. The van der Waals surface area contributed by atoms with Crippen molar-refractivity contribution in [3.63, 3.8) is 0 Å². The molecule has 0 aliphatic rings. The summed E-state index contributed by atoms with van der Waals surface area (Å²) in [6, 6.07) is 8.22. The van der Waals surface area contributed by atoms with Crippen molar-refractivity contribution in [1.29, 1.82) is 0 Å². The van der Waals surface area contributed by atoms with E-state index in [-0.39, 0.29) is 6.10 Å². The molecule has 0 amide bonds. The van der Waals surface area contributed by atoms with Crippen LogP contribution in [0, 0.1) is 13.8 Å². The summed E-state index contributed by atoms with van der Waals surface area (Å²) in [6.45, 7) is 6.45. The number of hydrogen-bond donors (Lipinski definition) is 0. The third-order valence-electron chi connectivity index (χ3n) is 3.19. The Morgan fingerprint density at radius 2 is 2.00 bits per heavy atom. The normalized spacial score (nSPS) is 12.2. The van der Waals surface area contributed by atoms with Gasteiger partial charge in [0.1, 0.15) is 6.10 Å². The SMILES string of the molecule is Cc1ccc(-n2ncc(CC(C)OC=O)c2C)cc1. The lowest BCUT2D eigenvalue weighted by molar-refractivity contribution is -0.132. The summed E-state index contributed by atoms with van der Waals surface area (Å²) < 4.78 is 6.82. The summed E-state index contributed by atoms with van der Waals surface area (Å²) >= 11 is 0. The van der Waals surface area contributed by atoms with Gasteiger partial charge in [0.25, 0.3) is 6.47 Å². The molecule has 1 heterocycles. The van der Waals surface area contributed by atoms with E-state index in [0.717, 1.165) is 16.9 Å². The van der Waals surface area contributed by atoms with Crippen LogP contribution in [0.1, 0.15) is 23.7 Å². The molecule has 2 aromatic rings. The van der Waals surface area contributed by atoms with Crippen molar-refractivity contribution in [3.8, 4) is 5.69 Å². The Labute approximate surface area is 113 Å². The number of carbonyl (C=O) groups is 1. The van der Waals surface area contributed by atoms with Gasteiger partial charge in [-0.25, -0.2) is 4.68 Å². The monoisotopic (exact) mass is 258 g/mol. The quantitative estimate of drug-likeness (QED) is 0.774. The molecule has 4 heteroatoms. The van der Waals surface area contributed by atoms with Gasteiger partial charge in [-0.15, -0.1) is 0 Å². The van der Waals surface area contributed by atoms with Crippen LogP contribution in [0.5, 0.6) is 0 Å². The zero-order valence-corrected chi connectivity index (χ0v) is 11.5. The standard InChI is InChI=1S/C15H18N2O2/c1-11-4-6-15(7-5-11)17-13(3)14(9-16-17)8-12(2)19-10-18/h4-7,9-10,12H,8H2,1-3H3. The molecule has 0 radical (unpaired) electrons. The van der Waals surface area contributed by atoms with E-state index < -0.39 is 0 Å². The van der Waals surface area contributed by atoms with E-state index in [1.54, 1.807) is 0 Å². The summed E-state index contributed by atoms with van der Waals surface area (Å²) in [5.41, 5.74) is 4.43. The number of aromatic nitrogens is 2. The number of rotatable bonds is 5. The van der Waals surface area contributed by atoms with E-state index in [0.29, 0.717) is 12.9 Å². The smallest absolute Gasteiger partial charge is 0.293 e. The highest BCUT2D eigenvalue weighted by Gasteiger charge is 2.11. The molecule has 1 unspecified atom stereocenters. The van der Waals surface area contributed by atoms with E-state index in [1.807, 2.05) is 36.9 Å². The van der Waals surface area contributed by atoms with E-state index >= 15 is 0 Å². The zero-order valence-electron chi connectivity index (χ0n) is 11.5. The Morgan fingerprint density at radius 1 is 1.32 bits per heavy atom. The van der Waals surface area contributed by atoms with Gasteiger partial charge in [0.05, 0.1) is 11.9 Å². The van der Waals surface area contributed by atoms with Crippen molar-refractivity contribution in [2.24, 2.45) is 0 Å². The predicted octanol–water partition coefficient (Wildman–Crippen LogP) is 2.59. The fourth-order valence-electron chi connectivity index (χ4n) is 2.04. The summed E-state index contributed by atoms with van der Waals surface area (Å²) in [6.07, 6.45) is 2.38. The highest BCUT2D eigenvalue weighted by molar-refractivity contribution is 5.38. The van der Waals surface area contributed by atoms with Gasteiger partial charge in [-0.05, 0) is 38.5 Å². The zero-order chi connectivity index (χ0) is 13.8. The molecule has 0 saturated heterocycles. The topological polar surface area (TPSA) is 44.1 Å². The summed E-state index contributed by atoms with van der Waals surface area (Å²) in [7, 11) is 0. The van der Waals surface area contributed by atoms with Gasteiger partial charge in [-0.2, -0.15) is 5.10 Å². The molecule has 0 N–H and O–H groups in total. The summed E-state index contributed by atoms with van der Waals surface area (Å²) in [4.78, 5) is 10.3. The van der Waals surface area contributed by atoms with Crippen molar-refractivity contribution < 1.29 is 9.53 Å². The van der Waals surface area contributed by atoms with Crippen LogP contribution < -0.4 is 0 Å². The highest BCUT2D eigenvalue weighted by atomic mass is 16.5. The van der Waals surface area contributed by atoms with Gasteiger partial charge in [0.15, 0.2) is 0 Å². The molecular formula is C15H18N2O2. The minimum atomic E-state index is -0.133. The minimum absolute atomic E-state index is 0.133. The molecule has 2 rings (SSSR count). The van der Waals surface area contributed by atoms with E-state index in [4.69, 9.17) is 4.74 Å². The molecule has 0 aliphatic carbocycles. The molecule has 0 fully saturated rings. The predicted molar refractivity (Wildman–Crippen MR) is 73.4 cm³/mol. The molecule has 4 nitrogen and oxygen atoms in total. The molecule has 100 valence electrons. The lowest BCUT2D eigenvalue weighted by Crippen LogP contribution is -2.11. The Hall–Kier alpha value is -2.10. The van der Waals surface area contributed by atoms with E-state index in [2.05, 4.69) is 24.2 Å². The van der Waals surface area contributed by atoms with Gasteiger partial charge in [-0.3, -0.25) is 4.79 Å². The number of nitrogens with zero attached hydrogens (tertiary/aromatic N) is 2. The molecule has 0 bridgehead atoms. The van der Waals surface area contributed by atoms with Crippen molar-refractivity contribution >= 4 is 6.47 Å². The maximum atomic E-state index is 10.3. The number of ether oxygens (including phenoxy) is 1. The minimum Gasteiger partial charge on any atom is -0.465 e. The molecule has 0 spiro atoms. The number of carbonyl (C=O) groups excluding carboxylic acids is 1. The second-order valence-electron chi connectivity index (χ2n) is 4.75. The van der Waals surface area contributed by atoms with Crippen molar-refractivity contribution in [3.05, 3.63) is 47.3 Å². The van der Waals surface area contributed by atoms with Gasteiger partial charge < -0.3 is 4.74 Å². The third kappa shape index (κ3) is 3.02. The van der Waals surface area contributed by atoms with Gasteiger partial charge >= 0.3 is 0 Å². The van der Waals surface area contributed by atoms with Crippen molar-refractivity contribution in [1.82, 2.24) is 9.78 Å². The van der Waals surface area contributed by atoms with Crippen LogP contribution in [0.2, 0.25) is 0 Å². The van der Waals surface area contributed by atoms with Crippen LogP contribution in [0.4, 0.5) is 0 Å². The maximum Gasteiger partial charge on any atom is 0.293 e.